The van der Waals surface area contributed by atoms with Crippen LogP contribution in [0.15, 0.2) is 24.3 Å². The molecule has 116 valence electrons. The zero-order valence-electron chi connectivity index (χ0n) is 13.1. The highest BCUT2D eigenvalue weighted by atomic mass is 32.1. The number of benzene rings is 1. The summed E-state index contributed by atoms with van der Waals surface area (Å²) in [5.74, 6) is 0.890. The summed E-state index contributed by atoms with van der Waals surface area (Å²) in [5, 5.41) is 3.97. The van der Waals surface area contributed by atoms with Crippen LogP contribution in [0.25, 0.3) is 0 Å². The van der Waals surface area contributed by atoms with Crippen molar-refractivity contribution >= 4 is 17.3 Å². The summed E-state index contributed by atoms with van der Waals surface area (Å²) in [6.07, 6.45) is 2.32. The topological polar surface area (TPSA) is 27.7 Å². The fraction of sp³-hybridized carbons (Fsp3) is 0.562. The Morgan fingerprint density at radius 3 is 2.48 bits per heavy atom. The number of rotatable bonds is 4. The van der Waals surface area contributed by atoms with Crippen LogP contribution in [0.2, 0.25) is 0 Å². The first-order valence-corrected chi connectivity index (χ1v) is 7.84. The summed E-state index contributed by atoms with van der Waals surface area (Å²) < 4.78 is 5.21. The maximum absolute atomic E-state index is 5.51. The Labute approximate surface area is 133 Å². The maximum Gasteiger partial charge on any atom is 0.169 e. The highest BCUT2D eigenvalue weighted by Crippen LogP contribution is 2.20. The summed E-state index contributed by atoms with van der Waals surface area (Å²) in [5.41, 5.74) is 1.26. The molecular weight excluding hydrogens is 282 g/mol. The van der Waals surface area contributed by atoms with Crippen LogP contribution in [-0.4, -0.2) is 55.2 Å². The van der Waals surface area contributed by atoms with Crippen LogP contribution >= 0.6 is 12.2 Å². The first-order valence-electron chi connectivity index (χ1n) is 7.44. The number of hydrogen-bond donors (Lipinski definition) is 1. The van der Waals surface area contributed by atoms with Gasteiger partial charge in [0.2, 0.25) is 0 Å². The average Bonchev–Trinajstić information content (AvgIpc) is 2.53. The van der Waals surface area contributed by atoms with Gasteiger partial charge in [0.25, 0.3) is 0 Å². The third-order valence-corrected chi connectivity index (χ3v) is 4.55. The molecule has 0 unspecified atom stereocenters. The fourth-order valence-electron chi connectivity index (χ4n) is 2.74. The fourth-order valence-corrected chi connectivity index (χ4v) is 2.96. The second kappa shape index (κ2) is 7.61. The summed E-state index contributed by atoms with van der Waals surface area (Å²) >= 11 is 5.51. The molecule has 1 fully saturated rings. The van der Waals surface area contributed by atoms with Gasteiger partial charge < -0.3 is 19.9 Å². The summed E-state index contributed by atoms with van der Waals surface area (Å²) in [6, 6.07) is 8.75. The van der Waals surface area contributed by atoms with Gasteiger partial charge in [-0.25, -0.2) is 0 Å². The molecule has 0 aromatic heterocycles. The predicted octanol–water partition coefficient (Wildman–Crippen LogP) is 2.10. The maximum atomic E-state index is 5.51. The Hall–Kier alpha value is -1.33. The first-order chi connectivity index (χ1) is 10.1. The second-order valence-electron chi connectivity index (χ2n) is 5.57. The highest BCUT2D eigenvalue weighted by Gasteiger charge is 2.24. The Balaban J connectivity index is 2.06. The number of methoxy groups -OCH3 is 1. The molecule has 1 heterocycles. The predicted molar refractivity (Wildman–Crippen MR) is 90.7 cm³/mol. The molecule has 1 saturated heterocycles. The molecule has 1 aliphatic rings. The van der Waals surface area contributed by atoms with Gasteiger partial charge in [-0.2, -0.15) is 0 Å². The molecule has 0 saturated carbocycles. The van der Waals surface area contributed by atoms with Crippen molar-refractivity contribution in [2.24, 2.45) is 0 Å². The Morgan fingerprint density at radius 1 is 1.33 bits per heavy atom. The van der Waals surface area contributed by atoms with E-state index in [1.165, 1.54) is 5.56 Å². The lowest BCUT2D eigenvalue weighted by atomic mass is 10.0. The van der Waals surface area contributed by atoms with Crippen LogP contribution in [0.3, 0.4) is 0 Å². The molecule has 4 nitrogen and oxygen atoms in total. The van der Waals surface area contributed by atoms with Gasteiger partial charge in [0.15, 0.2) is 5.11 Å². The lowest BCUT2D eigenvalue weighted by Gasteiger charge is -2.38. The van der Waals surface area contributed by atoms with Gasteiger partial charge in [0.05, 0.1) is 7.11 Å². The molecule has 1 aromatic carbocycles. The van der Waals surface area contributed by atoms with Crippen molar-refractivity contribution in [2.45, 2.75) is 25.4 Å². The minimum atomic E-state index is 0.517. The van der Waals surface area contributed by atoms with E-state index in [1.807, 2.05) is 19.2 Å². The van der Waals surface area contributed by atoms with Crippen molar-refractivity contribution < 1.29 is 4.74 Å². The molecule has 1 aliphatic heterocycles. The quantitative estimate of drug-likeness (QED) is 0.860. The van der Waals surface area contributed by atoms with Crippen LogP contribution in [-0.2, 0) is 6.54 Å². The van der Waals surface area contributed by atoms with Gasteiger partial charge in [0, 0.05) is 19.6 Å². The average molecular weight is 307 g/mol. The molecule has 0 atom stereocenters. The summed E-state index contributed by atoms with van der Waals surface area (Å²) in [7, 11) is 5.77. The Bertz CT molecular complexity index is 455. The molecule has 5 heteroatoms. The number of nitrogens with zero attached hydrogens (tertiary/aromatic N) is 2. The van der Waals surface area contributed by atoms with Crippen molar-refractivity contribution in [1.82, 2.24) is 15.1 Å². The van der Waals surface area contributed by atoms with Crippen molar-refractivity contribution in [3.8, 4) is 5.75 Å². The number of ether oxygens (including phenoxy) is 1. The zero-order valence-corrected chi connectivity index (χ0v) is 13.9. The van der Waals surface area contributed by atoms with E-state index < -0.39 is 0 Å². The van der Waals surface area contributed by atoms with Gasteiger partial charge in [-0.1, -0.05) is 12.1 Å². The van der Waals surface area contributed by atoms with E-state index in [2.05, 4.69) is 34.3 Å². The molecule has 21 heavy (non-hydrogen) atoms. The van der Waals surface area contributed by atoms with Crippen LogP contribution in [0, 0.1) is 0 Å². The van der Waals surface area contributed by atoms with Gasteiger partial charge in [0.1, 0.15) is 5.75 Å². The number of hydrogen-bond acceptors (Lipinski definition) is 3. The molecule has 0 aliphatic carbocycles. The minimum Gasteiger partial charge on any atom is -0.497 e. The van der Waals surface area contributed by atoms with Gasteiger partial charge in [-0.05, 0) is 62.9 Å². The van der Waals surface area contributed by atoms with Crippen molar-refractivity contribution in [2.75, 3.05) is 34.3 Å². The van der Waals surface area contributed by atoms with E-state index in [4.69, 9.17) is 17.0 Å². The number of likely N-dealkylation sites (tertiary alicyclic amines) is 1. The number of piperidine rings is 1. The van der Waals surface area contributed by atoms with Crippen LogP contribution < -0.4 is 10.1 Å². The lowest BCUT2D eigenvalue weighted by molar-refractivity contribution is 0.171. The largest absolute Gasteiger partial charge is 0.497 e. The van der Waals surface area contributed by atoms with E-state index in [9.17, 15) is 0 Å². The van der Waals surface area contributed by atoms with E-state index >= 15 is 0 Å². The molecule has 2 rings (SSSR count). The van der Waals surface area contributed by atoms with Gasteiger partial charge in [-0.3, -0.25) is 0 Å². The molecule has 1 aromatic rings. The second-order valence-corrected chi connectivity index (χ2v) is 5.95. The summed E-state index contributed by atoms with van der Waals surface area (Å²) in [6.45, 7) is 3.12. The van der Waals surface area contributed by atoms with Gasteiger partial charge >= 0.3 is 0 Å². The molecule has 0 amide bonds. The Kier molecular flexibility index (Phi) is 5.82. The molecule has 0 spiro atoms. The monoisotopic (exact) mass is 307 g/mol. The van der Waals surface area contributed by atoms with E-state index in [0.717, 1.165) is 43.3 Å². The van der Waals surface area contributed by atoms with E-state index in [0.29, 0.717) is 6.04 Å². The Morgan fingerprint density at radius 2 is 1.95 bits per heavy atom. The van der Waals surface area contributed by atoms with E-state index in [1.54, 1.807) is 7.11 Å². The molecule has 0 bridgehead atoms. The third-order valence-electron chi connectivity index (χ3n) is 4.12. The van der Waals surface area contributed by atoms with Crippen molar-refractivity contribution in [3.05, 3.63) is 29.8 Å². The molecule has 1 N–H and O–H groups in total. The standard InChI is InChI=1S/C16H25N3OS/c1-17-16(21)19(14-8-10-18(2)11-9-14)12-13-4-6-15(20-3)7-5-13/h4-7,14H,8-12H2,1-3H3,(H,17,21). The van der Waals surface area contributed by atoms with Crippen LogP contribution in [0.4, 0.5) is 0 Å². The zero-order chi connectivity index (χ0) is 15.2. The SMILES string of the molecule is CNC(=S)N(Cc1ccc(OC)cc1)C1CCN(C)CC1. The van der Waals surface area contributed by atoms with Gasteiger partial charge in [-0.15, -0.1) is 0 Å². The molecule has 0 radical (unpaired) electrons. The van der Waals surface area contributed by atoms with Crippen molar-refractivity contribution in [3.63, 3.8) is 0 Å². The van der Waals surface area contributed by atoms with Crippen LogP contribution in [0.5, 0.6) is 5.75 Å². The molecular formula is C16H25N3OS. The minimum absolute atomic E-state index is 0.517. The van der Waals surface area contributed by atoms with E-state index in [-0.39, 0.29) is 0 Å². The lowest BCUT2D eigenvalue weighted by Crippen LogP contribution is -2.48. The first kappa shape index (κ1) is 16.0. The number of thiocarbonyl (C=S) groups is 1. The van der Waals surface area contributed by atoms with Crippen molar-refractivity contribution in [1.29, 1.82) is 0 Å². The third kappa shape index (κ3) is 4.32. The normalized spacial score (nSPS) is 16.5. The number of nitrogens with one attached hydrogen (secondary N) is 1. The summed E-state index contributed by atoms with van der Waals surface area (Å²) in [4.78, 5) is 4.70. The van der Waals surface area contributed by atoms with Crippen LogP contribution in [0.1, 0.15) is 18.4 Å². The smallest absolute Gasteiger partial charge is 0.169 e. The highest BCUT2D eigenvalue weighted by molar-refractivity contribution is 7.80.